The topological polar surface area (TPSA) is 91.0 Å². The second-order valence-corrected chi connectivity index (χ2v) is 4.91. The van der Waals surface area contributed by atoms with Gasteiger partial charge in [-0.3, -0.25) is 10.7 Å². The van der Waals surface area contributed by atoms with Crippen molar-refractivity contribution in [1.82, 2.24) is 5.32 Å². The van der Waals surface area contributed by atoms with Gasteiger partial charge in [-0.25, -0.2) is 4.79 Å². The molecule has 0 unspecified atom stereocenters. The highest BCUT2D eigenvalue weighted by Crippen LogP contribution is 2.22. The van der Waals surface area contributed by atoms with Gasteiger partial charge in [0.05, 0.1) is 0 Å². The van der Waals surface area contributed by atoms with Crippen LogP contribution in [-0.2, 0) is 6.42 Å². The molecule has 0 fully saturated rings. The molecule has 0 aliphatic rings. The summed E-state index contributed by atoms with van der Waals surface area (Å²) in [5, 5.41) is 12.1. The molecule has 1 aromatic carbocycles. The second kappa shape index (κ2) is 8.19. The molecule has 5 heteroatoms. The molecule has 5 N–H and O–H groups in total. The number of nitrogens with two attached hydrogens (primary N) is 1. The Labute approximate surface area is 120 Å². The van der Waals surface area contributed by atoms with Gasteiger partial charge in [-0.05, 0) is 30.9 Å². The monoisotopic (exact) mass is 276 g/mol. The fraction of sp³-hybridized carbons (Fsp3) is 0.467. The van der Waals surface area contributed by atoms with Crippen molar-refractivity contribution in [3.05, 3.63) is 29.3 Å². The lowest BCUT2D eigenvalue weighted by molar-refractivity contribution is 0.256. The van der Waals surface area contributed by atoms with Gasteiger partial charge in [-0.15, -0.1) is 0 Å². The van der Waals surface area contributed by atoms with E-state index in [2.05, 4.69) is 17.6 Å². The molecular formula is C15H24N4O. The number of guanidine groups is 1. The minimum absolute atomic E-state index is 0.361. The molecule has 1 aromatic rings. The highest BCUT2D eigenvalue weighted by atomic mass is 16.2. The molecule has 0 spiro atoms. The SMILES string of the molecule is CCCCCCc1cccc(C)c1NC(=O)NC(=N)N. The van der Waals surface area contributed by atoms with Crippen LogP contribution in [0.1, 0.15) is 43.7 Å². The average molecular weight is 276 g/mol. The number of benzene rings is 1. The normalized spacial score (nSPS) is 10.1. The minimum Gasteiger partial charge on any atom is -0.370 e. The summed E-state index contributed by atoms with van der Waals surface area (Å²) < 4.78 is 0. The van der Waals surface area contributed by atoms with E-state index in [1.807, 2.05) is 25.1 Å². The Hall–Kier alpha value is -2.04. The van der Waals surface area contributed by atoms with E-state index in [0.29, 0.717) is 0 Å². The predicted molar refractivity (Wildman–Crippen MR) is 83.1 cm³/mol. The zero-order valence-electron chi connectivity index (χ0n) is 12.3. The Kier molecular flexibility index (Phi) is 6.56. The van der Waals surface area contributed by atoms with E-state index in [0.717, 1.165) is 29.7 Å². The average Bonchev–Trinajstić information content (AvgIpc) is 2.37. The summed E-state index contributed by atoms with van der Waals surface area (Å²) in [5.41, 5.74) is 8.11. The summed E-state index contributed by atoms with van der Waals surface area (Å²) in [6, 6.07) is 5.52. The van der Waals surface area contributed by atoms with E-state index in [-0.39, 0.29) is 5.96 Å². The highest BCUT2D eigenvalue weighted by Gasteiger charge is 2.09. The Morgan fingerprint density at radius 2 is 2.05 bits per heavy atom. The van der Waals surface area contributed by atoms with E-state index in [1.54, 1.807) is 0 Å². The first-order valence-electron chi connectivity index (χ1n) is 7.05. The molecule has 0 bridgehead atoms. The number of nitrogens with one attached hydrogen (secondary N) is 3. The number of unbranched alkanes of at least 4 members (excludes halogenated alkanes) is 3. The van der Waals surface area contributed by atoms with E-state index >= 15 is 0 Å². The maximum Gasteiger partial charge on any atom is 0.325 e. The predicted octanol–water partition coefficient (Wildman–Crippen LogP) is 3.13. The highest BCUT2D eigenvalue weighted by molar-refractivity contribution is 6.01. The van der Waals surface area contributed by atoms with Crippen molar-refractivity contribution >= 4 is 17.7 Å². The van der Waals surface area contributed by atoms with Gasteiger partial charge in [0.25, 0.3) is 0 Å². The lowest BCUT2D eigenvalue weighted by Crippen LogP contribution is -2.39. The first kappa shape index (κ1) is 16.0. The van der Waals surface area contributed by atoms with Crippen molar-refractivity contribution in [3.8, 4) is 0 Å². The van der Waals surface area contributed by atoms with Crippen LogP contribution in [0.2, 0.25) is 0 Å². The number of hydrogen-bond acceptors (Lipinski definition) is 2. The summed E-state index contributed by atoms with van der Waals surface area (Å²) in [6.45, 7) is 4.14. The molecule has 5 nitrogen and oxygen atoms in total. The third-order valence-electron chi connectivity index (χ3n) is 3.15. The van der Waals surface area contributed by atoms with Gasteiger partial charge >= 0.3 is 6.03 Å². The lowest BCUT2D eigenvalue weighted by Gasteiger charge is -2.14. The van der Waals surface area contributed by atoms with Crippen molar-refractivity contribution in [2.24, 2.45) is 5.73 Å². The van der Waals surface area contributed by atoms with Crippen molar-refractivity contribution in [2.75, 3.05) is 5.32 Å². The molecule has 20 heavy (non-hydrogen) atoms. The first-order chi connectivity index (χ1) is 9.54. The lowest BCUT2D eigenvalue weighted by atomic mass is 10.0. The third kappa shape index (κ3) is 5.30. The Morgan fingerprint density at radius 3 is 2.70 bits per heavy atom. The number of anilines is 1. The maximum atomic E-state index is 11.7. The van der Waals surface area contributed by atoms with Gasteiger partial charge < -0.3 is 11.1 Å². The van der Waals surface area contributed by atoms with E-state index in [4.69, 9.17) is 11.1 Å². The Morgan fingerprint density at radius 1 is 1.30 bits per heavy atom. The Balaban J connectivity index is 2.72. The number of carbonyl (C=O) groups excluding carboxylic acids is 1. The molecule has 0 atom stereocenters. The van der Waals surface area contributed by atoms with Gasteiger partial charge in [0, 0.05) is 5.69 Å². The number of para-hydroxylation sites is 1. The fourth-order valence-corrected chi connectivity index (χ4v) is 2.13. The van der Waals surface area contributed by atoms with Crippen LogP contribution in [0, 0.1) is 12.3 Å². The molecule has 0 aliphatic heterocycles. The molecule has 0 aromatic heterocycles. The number of hydrogen-bond donors (Lipinski definition) is 4. The third-order valence-corrected chi connectivity index (χ3v) is 3.15. The standard InChI is InChI=1S/C15H24N4O/c1-3-4-5-6-9-12-10-7-8-11(2)13(12)18-15(20)19-14(16)17/h7-8,10H,3-6,9H2,1-2H3,(H5,16,17,18,19,20). The molecular weight excluding hydrogens is 252 g/mol. The molecule has 0 aliphatic carbocycles. The van der Waals surface area contributed by atoms with Crippen LogP contribution in [0.25, 0.3) is 0 Å². The van der Waals surface area contributed by atoms with Gasteiger partial charge in [-0.2, -0.15) is 0 Å². The molecule has 110 valence electrons. The molecule has 1 rings (SSSR count). The smallest absolute Gasteiger partial charge is 0.325 e. The number of rotatable bonds is 6. The Bertz CT molecular complexity index is 471. The van der Waals surface area contributed by atoms with Crippen LogP contribution in [0.15, 0.2) is 18.2 Å². The summed E-state index contributed by atoms with van der Waals surface area (Å²) in [7, 11) is 0. The fourth-order valence-electron chi connectivity index (χ4n) is 2.13. The first-order valence-corrected chi connectivity index (χ1v) is 7.05. The second-order valence-electron chi connectivity index (χ2n) is 4.91. The van der Waals surface area contributed by atoms with Gasteiger partial charge in [-0.1, -0.05) is 44.4 Å². The largest absolute Gasteiger partial charge is 0.370 e. The summed E-state index contributed by atoms with van der Waals surface area (Å²) in [5.74, 6) is -0.361. The van der Waals surface area contributed by atoms with Crippen LogP contribution >= 0.6 is 0 Å². The van der Waals surface area contributed by atoms with Crippen LogP contribution < -0.4 is 16.4 Å². The van der Waals surface area contributed by atoms with Crippen molar-refractivity contribution in [3.63, 3.8) is 0 Å². The molecule has 0 saturated carbocycles. The zero-order chi connectivity index (χ0) is 15.0. The van der Waals surface area contributed by atoms with Crippen LogP contribution in [0.3, 0.4) is 0 Å². The van der Waals surface area contributed by atoms with Crippen LogP contribution in [0.5, 0.6) is 0 Å². The summed E-state index contributed by atoms with van der Waals surface area (Å²) in [4.78, 5) is 11.7. The molecule has 0 heterocycles. The quantitative estimate of drug-likeness (QED) is 0.365. The van der Waals surface area contributed by atoms with Crippen LogP contribution in [0.4, 0.5) is 10.5 Å². The number of urea groups is 1. The van der Waals surface area contributed by atoms with Gasteiger partial charge in [0.15, 0.2) is 5.96 Å². The van der Waals surface area contributed by atoms with E-state index in [1.165, 1.54) is 19.3 Å². The van der Waals surface area contributed by atoms with Crippen LogP contribution in [-0.4, -0.2) is 12.0 Å². The summed E-state index contributed by atoms with van der Waals surface area (Å²) in [6.07, 6.45) is 5.69. The van der Waals surface area contributed by atoms with Gasteiger partial charge in [0.2, 0.25) is 0 Å². The van der Waals surface area contributed by atoms with Crippen molar-refractivity contribution in [1.29, 1.82) is 5.41 Å². The zero-order valence-corrected chi connectivity index (χ0v) is 12.3. The van der Waals surface area contributed by atoms with Crippen molar-refractivity contribution < 1.29 is 4.79 Å². The summed E-state index contributed by atoms with van der Waals surface area (Å²) >= 11 is 0. The molecule has 2 amide bonds. The number of carbonyl (C=O) groups is 1. The minimum atomic E-state index is -0.471. The maximum absolute atomic E-state index is 11.7. The molecule has 0 radical (unpaired) electrons. The van der Waals surface area contributed by atoms with Crippen molar-refractivity contribution in [2.45, 2.75) is 46.0 Å². The number of amides is 2. The van der Waals surface area contributed by atoms with E-state index < -0.39 is 6.03 Å². The van der Waals surface area contributed by atoms with Gasteiger partial charge in [0.1, 0.15) is 0 Å². The molecule has 0 saturated heterocycles. The van der Waals surface area contributed by atoms with E-state index in [9.17, 15) is 4.79 Å². The number of aryl methyl sites for hydroxylation is 2.